The van der Waals surface area contributed by atoms with Crippen molar-refractivity contribution < 1.29 is 9.53 Å². The summed E-state index contributed by atoms with van der Waals surface area (Å²) in [6.07, 6.45) is 2.87. The lowest BCUT2D eigenvalue weighted by Gasteiger charge is -2.08. The quantitative estimate of drug-likeness (QED) is 0.665. The molecule has 0 saturated carbocycles. The summed E-state index contributed by atoms with van der Waals surface area (Å²) in [5.74, 6) is 1.35. The summed E-state index contributed by atoms with van der Waals surface area (Å²) in [7, 11) is 0. The lowest BCUT2D eigenvalue weighted by atomic mass is 10.2. The minimum atomic E-state index is -0.0632. The number of nitrogens with zero attached hydrogens (tertiary/aromatic N) is 2. The van der Waals surface area contributed by atoms with Crippen LogP contribution in [0.1, 0.15) is 18.4 Å². The first kappa shape index (κ1) is 16.8. The number of aromatic nitrogens is 2. The maximum absolute atomic E-state index is 12.0. The molecule has 0 aliphatic heterocycles. The Morgan fingerprint density at radius 2 is 1.84 bits per heavy atom. The second-order valence-electron chi connectivity index (χ2n) is 5.75. The number of carbonyl (C=O) groups is 1. The van der Waals surface area contributed by atoms with Crippen LogP contribution in [0, 0.1) is 6.92 Å². The van der Waals surface area contributed by atoms with E-state index in [1.54, 1.807) is 10.7 Å². The van der Waals surface area contributed by atoms with Gasteiger partial charge < -0.3 is 10.1 Å². The molecule has 5 heteroatoms. The molecule has 0 radical (unpaired) electrons. The van der Waals surface area contributed by atoms with Crippen LogP contribution in [0.2, 0.25) is 0 Å². The molecule has 0 unspecified atom stereocenters. The van der Waals surface area contributed by atoms with E-state index < -0.39 is 0 Å². The highest BCUT2D eigenvalue weighted by Gasteiger charge is 2.06. The summed E-state index contributed by atoms with van der Waals surface area (Å²) in [5, 5.41) is 7.18. The monoisotopic (exact) mass is 335 g/mol. The maximum Gasteiger partial charge on any atom is 0.225 e. The topological polar surface area (TPSA) is 56.1 Å². The predicted octanol–water partition coefficient (Wildman–Crippen LogP) is 3.98. The van der Waals surface area contributed by atoms with Gasteiger partial charge in [-0.2, -0.15) is 5.10 Å². The fourth-order valence-corrected chi connectivity index (χ4v) is 2.45. The predicted molar refractivity (Wildman–Crippen MR) is 98.1 cm³/mol. The minimum absolute atomic E-state index is 0.0632. The van der Waals surface area contributed by atoms with E-state index in [0.29, 0.717) is 25.3 Å². The molecule has 1 heterocycles. The highest BCUT2D eigenvalue weighted by Crippen LogP contribution is 2.16. The molecule has 0 atom stereocenters. The van der Waals surface area contributed by atoms with Gasteiger partial charge in [-0.05, 0) is 37.1 Å². The Labute approximate surface area is 147 Å². The molecule has 1 aromatic heterocycles. The van der Waals surface area contributed by atoms with E-state index in [4.69, 9.17) is 4.74 Å². The molecule has 5 nitrogen and oxygen atoms in total. The third-order valence-electron chi connectivity index (χ3n) is 3.78. The number of ether oxygens (including phenoxy) is 1. The maximum atomic E-state index is 12.0. The molecule has 25 heavy (non-hydrogen) atoms. The Balaban J connectivity index is 1.44. The van der Waals surface area contributed by atoms with E-state index in [2.05, 4.69) is 10.4 Å². The van der Waals surface area contributed by atoms with Gasteiger partial charge in [0.2, 0.25) is 5.91 Å². The van der Waals surface area contributed by atoms with Crippen LogP contribution in [-0.4, -0.2) is 22.3 Å². The Kier molecular flexibility index (Phi) is 5.46. The van der Waals surface area contributed by atoms with Crippen molar-refractivity contribution in [2.75, 3.05) is 11.9 Å². The van der Waals surface area contributed by atoms with Gasteiger partial charge in [0.15, 0.2) is 5.82 Å². The van der Waals surface area contributed by atoms with Crippen molar-refractivity contribution in [3.05, 3.63) is 72.4 Å². The van der Waals surface area contributed by atoms with Gasteiger partial charge in [0, 0.05) is 18.7 Å². The normalized spacial score (nSPS) is 10.4. The van der Waals surface area contributed by atoms with Crippen LogP contribution in [0.15, 0.2) is 66.9 Å². The summed E-state index contributed by atoms with van der Waals surface area (Å²) < 4.78 is 7.43. The van der Waals surface area contributed by atoms with Crippen LogP contribution in [0.25, 0.3) is 5.69 Å². The van der Waals surface area contributed by atoms with Crippen molar-refractivity contribution in [2.45, 2.75) is 19.8 Å². The van der Waals surface area contributed by atoms with Crippen LogP contribution in [0.4, 0.5) is 5.82 Å². The Morgan fingerprint density at radius 1 is 1.08 bits per heavy atom. The fraction of sp³-hybridized carbons (Fsp3) is 0.200. The van der Waals surface area contributed by atoms with Gasteiger partial charge in [0.05, 0.1) is 12.3 Å². The van der Waals surface area contributed by atoms with E-state index in [0.717, 1.165) is 17.0 Å². The van der Waals surface area contributed by atoms with Crippen molar-refractivity contribution >= 4 is 11.7 Å². The van der Waals surface area contributed by atoms with Gasteiger partial charge >= 0.3 is 0 Å². The third kappa shape index (κ3) is 4.70. The van der Waals surface area contributed by atoms with Gasteiger partial charge in [0.1, 0.15) is 5.75 Å². The molecule has 0 saturated heterocycles. The van der Waals surface area contributed by atoms with E-state index in [1.165, 1.54) is 0 Å². The SMILES string of the molecule is Cc1ccccc1OCCCC(=O)Nc1ccn(-c2ccccc2)n1. The van der Waals surface area contributed by atoms with Gasteiger partial charge in [-0.1, -0.05) is 36.4 Å². The smallest absolute Gasteiger partial charge is 0.225 e. The number of hydrogen-bond donors (Lipinski definition) is 1. The second-order valence-corrected chi connectivity index (χ2v) is 5.75. The number of nitrogens with one attached hydrogen (secondary N) is 1. The molecule has 0 spiro atoms. The average molecular weight is 335 g/mol. The van der Waals surface area contributed by atoms with Crippen molar-refractivity contribution in [1.82, 2.24) is 9.78 Å². The molecule has 0 bridgehead atoms. The van der Waals surface area contributed by atoms with Crippen LogP contribution < -0.4 is 10.1 Å². The molecule has 3 aromatic rings. The van der Waals surface area contributed by atoms with Crippen molar-refractivity contribution in [1.29, 1.82) is 0 Å². The first-order valence-electron chi connectivity index (χ1n) is 8.32. The first-order chi connectivity index (χ1) is 12.2. The summed E-state index contributed by atoms with van der Waals surface area (Å²) >= 11 is 0. The molecule has 1 amide bonds. The standard InChI is InChI=1S/C20H21N3O2/c1-16-8-5-6-11-18(16)25-15-7-12-20(24)21-19-13-14-23(22-19)17-9-3-2-4-10-17/h2-6,8-11,13-14H,7,12,15H2,1H3,(H,21,22,24). The molecule has 1 N–H and O–H groups in total. The molecular weight excluding hydrogens is 314 g/mol. The number of rotatable bonds is 7. The Bertz CT molecular complexity index is 828. The average Bonchev–Trinajstić information content (AvgIpc) is 3.09. The number of hydrogen-bond acceptors (Lipinski definition) is 3. The van der Waals surface area contributed by atoms with Crippen LogP contribution >= 0.6 is 0 Å². The molecule has 128 valence electrons. The largest absolute Gasteiger partial charge is 0.493 e. The minimum Gasteiger partial charge on any atom is -0.493 e. The van der Waals surface area contributed by atoms with Gasteiger partial charge in [-0.3, -0.25) is 4.79 Å². The zero-order chi connectivity index (χ0) is 17.5. The van der Waals surface area contributed by atoms with Crippen molar-refractivity contribution in [3.63, 3.8) is 0 Å². The lowest BCUT2D eigenvalue weighted by Crippen LogP contribution is -2.13. The zero-order valence-electron chi connectivity index (χ0n) is 14.2. The molecule has 3 rings (SSSR count). The van der Waals surface area contributed by atoms with E-state index in [-0.39, 0.29) is 5.91 Å². The van der Waals surface area contributed by atoms with Crippen LogP contribution in [0.5, 0.6) is 5.75 Å². The second kappa shape index (κ2) is 8.15. The first-order valence-corrected chi connectivity index (χ1v) is 8.32. The molecule has 0 fully saturated rings. The van der Waals surface area contributed by atoms with E-state index >= 15 is 0 Å². The number of para-hydroxylation sites is 2. The number of carbonyl (C=O) groups excluding carboxylic acids is 1. The van der Waals surface area contributed by atoms with E-state index in [9.17, 15) is 4.79 Å². The Morgan fingerprint density at radius 3 is 2.64 bits per heavy atom. The number of amides is 1. The molecule has 0 aliphatic carbocycles. The third-order valence-corrected chi connectivity index (χ3v) is 3.78. The summed E-state index contributed by atoms with van der Waals surface area (Å²) in [6, 6.07) is 19.4. The fourth-order valence-electron chi connectivity index (χ4n) is 2.45. The molecular formula is C20H21N3O2. The number of aryl methyl sites for hydroxylation is 1. The zero-order valence-corrected chi connectivity index (χ0v) is 14.2. The number of anilines is 1. The summed E-state index contributed by atoms with van der Waals surface area (Å²) in [4.78, 5) is 12.0. The number of benzene rings is 2. The Hall–Kier alpha value is -3.08. The summed E-state index contributed by atoms with van der Waals surface area (Å²) in [6.45, 7) is 2.52. The van der Waals surface area contributed by atoms with Crippen LogP contribution in [0.3, 0.4) is 0 Å². The highest BCUT2D eigenvalue weighted by molar-refractivity contribution is 5.89. The highest BCUT2D eigenvalue weighted by atomic mass is 16.5. The van der Waals surface area contributed by atoms with Gasteiger partial charge in [-0.15, -0.1) is 0 Å². The van der Waals surface area contributed by atoms with E-state index in [1.807, 2.05) is 67.7 Å². The summed E-state index contributed by atoms with van der Waals surface area (Å²) in [5.41, 5.74) is 2.05. The lowest BCUT2D eigenvalue weighted by molar-refractivity contribution is -0.116. The van der Waals surface area contributed by atoms with Crippen molar-refractivity contribution in [3.8, 4) is 11.4 Å². The van der Waals surface area contributed by atoms with Crippen LogP contribution in [-0.2, 0) is 4.79 Å². The molecule has 0 aliphatic rings. The van der Waals surface area contributed by atoms with Gasteiger partial charge in [0.25, 0.3) is 0 Å². The van der Waals surface area contributed by atoms with Crippen molar-refractivity contribution in [2.24, 2.45) is 0 Å². The molecule has 2 aromatic carbocycles. The van der Waals surface area contributed by atoms with Gasteiger partial charge in [-0.25, -0.2) is 4.68 Å².